The maximum Gasteiger partial charge on any atom is 0.411 e. The smallest absolute Gasteiger partial charge is 0.411 e. The number of ether oxygens (including phenoxy) is 2. The average molecular weight is 860 g/mol. The summed E-state index contributed by atoms with van der Waals surface area (Å²) in [6.07, 6.45) is 2.54. The Hall–Kier alpha value is -5.47. The molecule has 2 amide bonds. The molecule has 2 aliphatic heterocycles. The van der Waals surface area contributed by atoms with Crippen molar-refractivity contribution >= 4 is 42.6 Å². The first-order valence-corrected chi connectivity index (χ1v) is 24.7. The van der Waals surface area contributed by atoms with Gasteiger partial charge in [-0.1, -0.05) is 75.4 Å². The van der Waals surface area contributed by atoms with Crippen LogP contribution in [0.5, 0.6) is 11.5 Å². The van der Waals surface area contributed by atoms with Crippen molar-refractivity contribution < 1.29 is 28.6 Å². The van der Waals surface area contributed by atoms with E-state index in [1.807, 2.05) is 71.6 Å². The highest BCUT2D eigenvalue weighted by molar-refractivity contribution is 6.74. The molecule has 3 heterocycles. The molecule has 0 unspecified atom stereocenters. The number of nitrogens with zero attached hydrogens (tertiary/aromatic N) is 2. The number of anilines is 2. The summed E-state index contributed by atoms with van der Waals surface area (Å²) in [6, 6.07) is 28.6. The van der Waals surface area contributed by atoms with Crippen molar-refractivity contribution in [1.82, 2.24) is 15.2 Å². The highest BCUT2D eigenvalue weighted by Gasteiger charge is 2.40. The molecule has 4 aromatic carbocycles. The molecule has 7 rings (SSSR count). The Labute approximate surface area is 365 Å². The maximum absolute atomic E-state index is 13.8. The number of methoxy groups -OCH3 is 1. The van der Waals surface area contributed by atoms with Crippen LogP contribution in [-0.4, -0.2) is 81.2 Å². The van der Waals surface area contributed by atoms with Crippen molar-refractivity contribution in [2.45, 2.75) is 89.8 Å². The number of fused-ring (bicyclic) bond motifs is 2. The third kappa shape index (κ3) is 10.4. The lowest BCUT2D eigenvalue weighted by molar-refractivity contribution is -0.119. The van der Waals surface area contributed by atoms with Gasteiger partial charge in [-0.2, -0.15) is 0 Å². The van der Waals surface area contributed by atoms with Crippen LogP contribution in [0.4, 0.5) is 16.2 Å². The molecule has 1 saturated heterocycles. The quantitative estimate of drug-likeness (QED) is 0.0804. The van der Waals surface area contributed by atoms with Gasteiger partial charge in [-0.3, -0.25) is 14.9 Å². The molecule has 0 spiro atoms. The van der Waals surface area contributed by atoms with E-state index in [2.05, 4.69) is 60.4 Å². The van der Waals surface area contributed by atoms with Crippen molar-refractivity contribution in [3.63, 3.8) is 0 Å². The molecule has 2 aliphatic rings. The molecule has 328 valence electrons. The van der Waals surface area contributed by atoms with E-state index in [4.69, 9.17) is 13.9 Å². The molecule has 4 N–H and O–H groups in total. The Morgan fingerprint density at radius 2 is 1.69 bits per heavy atom. The van der Waals surface area contributed by atoms with E-state index in [9.17, 15) is 19.5 Å². The fourth-order valence-electron chi connectivity index (χ4n) is 8.27. The molecule has 1 fully saturated rings. The van der Waals surface area contributed by atoms with E-state index >= 15 is 0 Å². The number of aryl methyl sites for hydroxylation is 1. The number of carbonyl (C=O) groups is 2. The van der Waals surface area contributed by atoms with Crippen LogP contribution in [0, 0.1) is 0 Å². The first-order valence-electron chi connectivity index (χ1n) is 21.8. The van der Waals surface area contributed by atoms with Crippen LogP contribution >= 0.6 is 0 Å². The molecular weight excluding hydrogens is 799 g/mol. The summed E-state index contributed by atoms with van der Waals surface area (Å²) < 4.78 is 18.8. The summed E-state index contributed by atoms with van der Waals surface area (Å²) in [6.45, 7) is 14.8. The number of hydrogen-bond donors (Lipinski definition) is 4. The number of phenolic OH excluding ortho intramolecular Hbond substituents is 1. The van der Waals surface area contributed by atoms with Crippen LogP contribution in [-0.2, 0) is 26.9 Å². The lowest BCUT2D eigenvalue weighted by Crippen LogP contribution is -2.43. The van der Waals surface area contributed by atoms with Gasteiger partial charge in [0.25, 0.3) is 0 Å². The van der Waals surface area contributed by atoms with Crippen molar-refractivity contribution in [3.8, 4) is 22.6 Å². The van der Waals surface area contributed by atoms with E-state index in [0.717, 1.165) is 64.8 Å². The normalized spacial score (nSPS) is 15.5. The number of benzene rings is 4. The Balaban J connectivity index is 0.947. The van der Waals surface area contributed by atoms with Gasteiger partial charge in [0.05, 0.1) is 30.1 Å². The molecule has 0 radical (unpaired) electrons. The topological polar surface area (TPSA) is 145 Å². The number of para-hydroxylation sites is 1. The second-order valence-electron chi connectivity index (χ2n) is 18.0. The fourth-order valence-corrected chi connectivity index (χ4v) is 9.54. The van der Waals surface area contributed by atoms with Crippen molar-refractivity contribution in [1.29, 1.82) is 0 Å². The van der Waals surface area contributed by atoms with Crippen molar-refractivity contribution in [2.24, 2.45) is 0 Å². The Kier molecular flexibility index (Phi) is 13.9. The number of aromatic nitrogens is 1. The number of carbonyl (C=O) groups excluding carboxylic acids is 2. The van der Waals surface area contributed by atoms with Crippen LogP contribution in [0.3, 0.4) is 0 Å². The highest BCUT2D eigenvalue weighted by Crippen LogP contribution is 2.41. The summed E-state index contributed by atoms with van der Waals surface area (Å²) in [5.41, 5.74) is 6.68. The molecule has 13 heteroatoms. The first-order chi connectivity index (χ1) is 29.7. The third-order valence-electron chi connectivity index (χ3n) is 12.7. The summed E-state index contributed by atoms with van der Waals surface area (Å²) >= 11 is 0. The number of hydrogen-bond acceptors (Lipinski definition) is 9. The maximum atomic E-state index is 13.8. The van der Waals surface area contributed by atoms with Gasteiger partial charge >= 0.3 is 6.09 Å². The van der Waals surface area contributed by atoms with Crippen molar-refractivity contribution in [3.05, 3.63) is 118 Å². The zero-order valence-electron chi connectivity index (χ0n) is 36.9. The number of H-pyrrole nitrogens is 1. The monoisotopic (exact) mass is 859 g/mol. The predicted molar refractivity (Wildman–Crippen MR) is 249 cm³/mol. The second kappa shape index (κ2) is 19.3. The fraction of sp³-hybridized carbons (Fsp3) is 0.408. The number of pyridine rings is 1. The highest BCUT2D eigenvalue weighted by atomic mass is 28.4. The minimum atomic E-state index is -2.26. The Morgan fingerprint density at radius 3 is 2.44 bits per heavy atom. The van der Waals surface area contributed by atoms with Crippen LogP contribution in [0.2, 0.25) is 18.1 Å². The minimum absolute atomic E-state index is 0.0159. The molecule has 0 bridgehead atoms. The SMILES string of the molecule is COc1cc2c(cc1CNC[C@H](O[Si](C)(C)C(C)(C)C)c1ccc(O)c3[nH]c(=O)ccc13)CCCN2C(=O)CCN1CCC(OC(=O)Nc2ccccc2-c2ccccc2)CC1. The third-order valence-corrected chi connectivity index (χ3v) is 17.2. The van der Waals surface area contributed by atoms with E-state index < -0.39 is 14.4 Å². The van der Waals surface area contributed by atoms with Crippen LogP contribution in [0.1, 0.15) is 69.2 Å². The second-order valence-corrected chi connectivity index (χ2v) is 22.7. The van der Waals surface area contributed by atoms with E-state index in [1.54, 1.807) is 19.2 Å². The number of aromatic amines is 1. The largest absolute Gasteiger partial charge is 0.506 e. The summed E-state index contributed by atoms with van der Waals surface area (Å²) in [4.78, 5) is 45.9. The molecule has 12 nitrogen and oxygen atoms in total. The standard InChI is InChI=1S/C49H61N5O7Si/c1-49(2,3)62(5,6)61-44(38-18-20-42(55)47-39(38)19-21-45(56)52-47)32-50-31-35-29-34-15-12-25-54(41(34)30-43(35)59-4)46(57)24-28-53-26-22-36(23-27-53)60-48(58)51-40-17-11-10-16-37(40)33-13-8-7-9-14-33/h7-11,13-14,16-21,29-30,36,44,50,55H,12,15,22-28,31-32H2,1-6H3,(H,51,58)(H,52,56)/t44-/m0/s1. The number of likely N-dealkylation sites (tertiary alicyclic amines) is 1. The summed E-state index contributed by atoms with van der Waals surface area (Å²) in [5, 5.41) is 17.9. The molecule has 62 heavy (non-hydrogen) atoms. The predicted octanol–water partition coefficient (Wildman–Crippen LogP) is 9.14. The van der Waals surface area contributed by atoms with E-state index in [1.165, 1.54) is 6.07 Å². The van der Waals surface area contributed by atoms with E-state index in [0.29, 0.717) is 62.4 Å². The lowest BCUT2D eigenvalue weighted by atomic mass is 9.97. The number of aromatic hydroxyl groups is 1. The van der Waals surface area contributed by atoms with Gasteiger partial charge in [-0.05, 0) is 84.8 Å². The minimum Gasteiger partial charge on any atom is -0.506 e. The Morgan fingerprint density at radius 1 is 0.952 bits per heavy atom. The molecule has 0 aliphatic carbocycles. The number of amides is 2. The van der Waals surface area contributed by atoms with E-state index in [-0.39, 0.29) is 34.5 Å². The van der Waals surface area contributed by atoms with Crippen LogP contribution in [0.15, 0.2) is 95.8 Å². The van der Waals surface area contributed by atoms with Gasteiger partial charge < -0.3 is 39.1 Å². The first kappa shape index (κ1) is 44.6. The zero-order valence-corrected chi connectivity index (χ0v) is 37.9. The van der Waals surface area contributed by atoms with Crippen LogP contribution in [0.25, 0.3) is 22.0 Å². The molecule has 0 saturated carbocycles. The van der Waals surface area contributed by atoms with Gasteiger partial charge in [0.1, 0.15) is 17.6 Å². The van der Waals surface area contributed by atoms with Gasteiger partial charge in [0, 0.05) is 74.3 Å². The zero-order chi connectivity index (χ0) is 44.0. The van der Waals surface area contributed by atoms with Gasteiger partial charge in [0.15, 0.2) is 8.32 Å². The van der Waals surface area contributed by atoms with Crippen molar-refractivity contribution in [2.75, 3.05) is 50.1 Å². The molecular formula is C49H61N5O7Si. The Bertz CT molecular complexity index is 2420. The molecule has 1 aromatic heterocycles. The number of piperidine rings is 1. The van der Waals surface area contributed by atoms with Gasteiger partial charge in [-0.15, -0.1) is 0 Å². The number of rotatable bonds is 14. The summed E-state index contributed by atoms with van der Waals surface area (Å²) in [5.74, 6) is 0.809. The van der Waals surface area contributed by atoms with Gasteiger partial charge in [0.2, 0.25) is 11.5 Å². The number of phenols is 1. The summed E-state index contributed by atoms with van der Waals surface area (Å²) in [7, 11) is -0.598. The number of nitrogens with one attached hydrogen (secondary N) is 3. The molecule has 1 atom stereocenters. The molecule has 5 aromatic rings. The van der Waals surface area contributed by atoms with Gasteiger partial charge in [-0.25, -0.2) is 4.79 Å². The lowest BCUT2D eigenvalue weighted by Gasteiger charge is -2.39. The van der Waals surface area contributed by atoms with Crippen LogP contribution < -0.4 is 25.8 Å². The average Bonchev–Trinajstić information content (AvgIpc) is 3.25.